The molecule has 0 atom stereocenters. The van der Waals surface area contributed by atoms with Gasteiger partial charge in [0.25, 0.3) is 5.91 Å². The van der Waals surface area contributed by atoms with Crippen LogP contribution in [0.3, 0.4) is 0 Å². The molecule has 32 heavy (non-hydrogen) atoms. The van der Waals surface area contributed by atoms with Crippen LogP contribution in [-0.2, 0) is 0 Å². The Balaban J connectivity index is 1.52. The minimum Gasteiger partial charge on any atom is -0.733 e. The smallest absolute Gasteiger partial charge is 0.259 e. The van der Waals surface area contributed by atoms with Gasteiger partial charge in [0.2, 0.25) is 0 Å². The molecule has 1 aliphatic heterocycles. The Morgan fingerprint density at radius 2 is 2.00 bits per heavy atom. The number of amides is 1. The van der Waals surface area contributed by atoms with Gasteiger partial charge < -0.3 is 29.5 Å². The number of aryl methyl sites for hydroxylation is 1. The fraction of sp³-hybridized carbons (Fsp3) is 0.286. The van der Waals surface area contributed by atoms with Gasteiger partial charge in [0, 0.05) is 31.7 Å². The number of rotatable bonds is 5. The highest BCUT2D eigenvalue weighted by Gasteiger charge is 2.30. The molecule has 11 heteroatoms. The molecule has 3 aromatic rings. The summed E-state index contributed by atoms with van der Waals surface area (Å²) in [6.07, 6.45) is 1.30. The van der Waals surface area contributed by atoms with Gasteiger partial charge in [-0.1, -0.05) is 17.3 Å². The lowest BCUT2D eigenvalue weighted by atomic mass is 10.0. The zero-order valence-corrected chi connectivity index (χ0v) is 19.1. The summed E-state index contributed by atoms with van der Waals surface area (Å²) in [5.74, 6) is 1.54. The van der Waals surface area contributed by atoms with Crippen molar-refractivity contribution < 1.29 is 19.3 Å². The van der Waals surface area contributed by atoms with Crippen molar-refractivity contribution in [3.63, 3.8) is 0 Å². The second-order valence-corrected chi connectivity index (χ2v) is 8.07. The maximum atomic E-state index is 13.4. The Bertz CT molecular complexity index is 1130. The van der Waals surface area contributed by atoms with Gasteiger partial charge in [-0.15, -0.1) is 0 Å². The molecule has 2 aromatic heterocycles. The molecule has 0 spiro atoms. The van der Waals surface area contributed by atoms with Gasteiger partial charge >= 0.3 is 0 Å². The molecular weight excluding hydrogens is 482 g/mol. The number of halogens is 1. The van der Waals surface area contributed by atoms with Gasteiger partial charge in [-0.25, -0.2) is 4.98 Å². The predicted molar refractivity (Wildman–Crippen MR) is 121 cm³/mol. The molecule has 0 bridgehead atoms. The third-order valence-corrected chi connectivity index (χ3v) is 5.92. The van der Waals surface area contributed by atoms with E-state index in [0.29, 0.717) is 64.8 Å². The fourth-order valence-corrected chi connectivity index (χ4v) is 4.27. The Hall–Kier alpha value is -3.15. The van der Waals surface area contributed by atoms with Crippen molar-refractivity contribution in [2.75, 3.05) is 43.4 Å². The Morgan fingerprint density at radius 3 is 2.66 bits per heavy atom. The molecule has 1 amide bonds. The average molecular weight is 503 g/mol. The van der Waals surface area contributed by atoms with Crippen LogP contribution in [-0.4, -0.2) is 59.4 Å². The van der Waals surface area contributed by atoms with E-state index in [2.05, 4.69) is 26.1 Å². The molecule has 4 rings (SSSR count). The molecule has 0 radical (unpaired) electrons. The summed E-state index contributed by atoms with van der Waals surface area (Å²) in [6, 6.07) is 8.85. The van der Waals surface area contributed by atoms with Crippen LogP contribution in [0.25, 0.3) is 11.3 Å². The summed E-state index contributed by atoms with van der Waals surface area (Å²) in [5.41, 5.74) is 1.60. The molecule has 3 heterocycles. The van der Waals surface area contributed by atoms with Crippen LogP contribution < -0.4 is 14.9 Å². The van der Waals surface area contributed by atoms with Gasteiger partial charge in [0.05, 0.1) is 23.5 Å². The van der Waals surface area contributed by atoms with E-state index in [4.69, 9.17) is 14.5 Å². The van der Waals surface area contributed by atoms with E-state index in [1.807, 2.05) is 29.2 Å². The highest BCUT2D eigenvalue weighted by Crippen LogP contribution is 2.34. The number of aromatic nitrogens is 2. The molecule has 1 saturated heterocycles. The monoisotopic (exact) mass is 502 g/mol. The molecular formula is C21H21BrN5O5-. The predicted octanol–water partition coefficient (Wildman–Crippen LogP) is 3.47. The van der Waals surface area contributed by atoms with Crippen LogP contribution in [0.1, 0.15) is 16.1 Å². The second kappa shape index (κ2) is 9.15. The maximum Gasteiger partial charge on any atom is 0.259 e. The van der Waals surface area contributed by atoms with Crippen molar-refractivity contribution in [3.8, 4) is 17.0 Å². The average Bonchev–Trinajstić information content (AvgIpc) is 3.19. The third kappa shape index (κ3) is 4.14. The normalized spacial score (nSPS) is 13.9. The van der Waals surface area contributed by atoms with Crippen molar-refractivity contribution >= 4 is 33.3 Å². The first kappa shape index (κ1) is 22.1. The molecule has 1 aromatic carbocycles. The standard InChI is InChI=1S/C21H21BrN5O5/c1-13-18(19(24-32-13)15-5-3-4-6-17(15)31-2)21(28)26-9-7-25(8-10-26)20-16(22)11-14(12-23-20)27(29)30/h3-6,11-12,29H,7-10H2,1-2H3/q-1. The van der Waals surface area contributed by atoms with Crippen molar-refractivity contribution in [1.82, 2.24) is 15.0 Å². The van der Waals surface area contributed by atoms with Gasteiger partial charge in [-0.2, -0.15) is 0 Å². The third-order valence-electron chi connectivity index (χ3n) is 5.33. The van der Waals surface area contributed by atoms with Gasteiger partial charge in [-0.05, 0) is 41.1 Å². The first-order valence-electron chi connectivity index (χ1n) is 9.86. The van der Waals surface area contributed by atoms with Crippen LogP contribution in [0.4, 0.5) is 11.5 Å². The van der Waals surface area contributed by atoms with Crippen LogP contribution >= 0.6 is 15.9 Å². The summed E-state index contributed by atoms with van der Waals surface area (Å²) in [4.78, 5) is 21.4. The summed E-state index contributed by atoms with van der Waals surface area (Å²) in [7, 11) is 1.57. The van der Waals surface area contributed by atoms with Crippen molar-refractivity contribution in [3.05, 3.63) is 57.5 Å². The number of carbonyl (C=O) groups excluding carboxylic acids is 1. The number of benzene rings is 1. The lowest BCUT2D eigenvalue weighted by Gasteiger charge is -2.36. The number of pyridine rings is 1. The maximum absolute atomic E-state index is 13.4. The van der Waals surface area contributed by atoms with E-state index in [-0.39, 0.29) is 16.8 Å². The number of ether oxygens (including phenoxy) is 1. The Morgan fingerprint density at radius 1 is 1.28 bits per heavy atom. The summed E-state index contributed by atoms with van der Waals surface area (Å²) in [6.45, 7) is 3.76. The van der Waals surface area contributed by atoms with E-state index < -0.39 is 0 Å². The second-order valence-electron chi connectivity index (χ2n) is 7.21. The highest BCUT2D eigenvalue weighted by atomic mass is 79.9. The molecule has 1 fully saturated rings. The van der Waals surface area contributed by atoms with E-state index >= 15 is 0 Å². The first-order valence-corrected chi connectivity index (χ1v) is 10.7. The lowest BCUT2D eigenvalue weighted by molar-refractivity contribution is 0.0745. The van der Waals surface area contributed by atoms with Crippen molar-refractivity contribution in [2.45, 2.75) is 6.92 Å². The number of hydrogen-bond acceptors (Lipinski definition) is 9. The highest BCUT2D eigenvalue weighted by molar-refractivity contribution is 9.10. The number of anilines is 2. The first-order chi connectivity index (χ1) is 15.4. The Labute approximate surface area is 192 Å². The SMILES string of the molecule is COc1ccccc1-c1noc(C)c1C(=O)N1CCN(c2ncc(N([O-])O)cc2Br)CC1. The topological polar surface area (TPSA) is 118 Å². The van der Waals surface area contributed by atoms with Crippen LogP contribution in [0.15, 0.2) is 45.5 Å². The van der Waals surface area contributed by atoms with Crippen LogP contribution in [0, 0.1) is 12.1 Å². The van der Waals surface area contributed by atoms with E-state index in [9.17, 15) is 10.0 Å². The van der Waals surface area contributed by atoms with E-state index in [1.54, 1.807) is 18.9 Å². The van der Waals surface area contributed by atoms with E-state index in [1.165, 1.54) is 12.3 Å². The summed E-state index contributed by atoms with van der Waals surface area (Å²) >= 11 is 3.39. The molecule has 168 valence electrons. The van der Waals surface area contributed by atoms with Gasteiger partial charge in [0.15, 0.2) is 0 Å². The quantitative estimate of drug-likeness (QED) is 0.522. The number of methoxy groups -OCH3 is 1. The Kier molecular flexibility index (Phi) is 6.31. The van der Waals surface area contributed by atoms with Crippen molar-refractivity contribution in [2.24, 2.45) is 0 Å². The minimum atomic E-state index is -0.237. The molecule has 0 unspecified atom stereocenters. The molecule has 0 saturated carbocycles. The molecule has 0 aliphatic carbocycles. The lowest BCUT2D eigenvalue weighted by Crippen LogP contribution is -2.49. The number of hydrogen-bond donors (Lipinski definition) is 1. The van der Waals surface area contributed by atoms with Crippen LogP contribution in [0.2, 0.25) is 0 Å². The van der Waals surface area contributed by atoms with E-state index in [0.717, 1.165) is 0 Å². The largest absolute Gasteiger partial charge is 0.733 e. The zero-order valence-electron chi connectivity index (χ0n) is 17.5. The number of nitrogens with zero attached hydrogens (tertiary/aromatic N) is 5. The number of piperazine rings is 1. The van der Waals surface area contributed by atoms with Crippen LogP contribution in [0.5, 0.6) is 5.75 Å². The fourth-order valence-electron chi connectivity index (χ4n) is 3.69. The molecule has 10 nitrogen and oxygen atoms in total. The van der Waals surface area contributed by atoms with Gasteiger partial charge in [0.1, 0.15) is 28.6 Å². The molecule has 1 N–H and O–H groups in total. The molecule has 1 aliphatic rings. The zero-order chi connectivity index (χ0) is 22.8. The summed E-state index contributed by atoms with van der Waals surface area (Å²) < 4.78 is 11.4. The summed E-state index contributed by atoms with van der Waals surface area (Å²) in [5, 5.41) is 24.0. The number of carbonyl (C=O) groups is 1. The van der Waals surface area contributed by atoms with Gasteiger partial charge in [-0.3, -0.25) is 10.0 Å². The number of para-hydroxylation sites is 1. The van der Waals surface area contributed by atoms with Crippen molar-refractivity contribution in [1.29, 1.82) is 0 Å². The minimum absolute atomic E-state index is 0.0289.